The van der Waals surface area contributed by atoms with Crippen LogP contribution in [0.4, 0.5) is 0 Å². The largest absolute Gasteiger partial charge is 0.465 e. The van der Waals surface area contributed by atoms with Crippen LogP contribution in [-0.2, 0) is 15.8 Å². The van der Waals surface area contributed by atoms with Crippen molar-refractivity contribution in [1.82, 2.24) is 0 Å². The Bertz CT molecular complexity index is 360. The second-order valence-corrected chi connectivity index (χ2v) is 4.61. The maximum atomic E-state index is 11.0. The van der Waals surface area contributed by atoms with Crippen LogP contribution < -0.4 is 0 Å². The van der Waals surface area contributed by atoms with Gasteiger partial charge in [0.2, 0.25) is 0 Å². The van der Waals surface area contributed by atoms with Gasteiger partial charge in [-0.3, -0.25) is 0 Å². The Kier molecular flexibility index (Phi) is 3.43. The van der Waals surface area contributed by atoms with Crippen LogP contribution in [0.25, 0.3) is 0 Å². The van der Waals surface area contributed by atoms with Crippen molar-refractivity contribution in [2.24, 2.45) is 0 Å². The second kappa shape index (κ2) is 4.19. The molecule has 72 valence electrons. The molecule has 1 atom stereocenters. The van der Waals surface area contributed by atoms with Crippen molar-refractivity contribution in [1.29, 1.82) is 0 Å². The van der Waals surface area contributed by atoms with Crippen LogP contribution in [0.5, 0.6) is 0 Å². The Morgan fingerprint density at radius 3 is 2.85 bits per heavy atom. The molecular formula is C6H5ClO4S2. The highest BCUT2D eigenvalue weighted by Crippen LogP contribution is 2.29. The number of esters is 1. The highest BCUT2D eigenvalue weighted by Gasteiger charge is 2.19. The lowest BCUT2D eigenvalue weighted by Gasteiger charge is -1.95. The molecule has 0 aliphatic rings. The summed E-state index contributed by atoms with van der Waals surface area (Å²) in [7, 11) is 1.19. The summed E-state index contributed by atoms with van der Waals surface area (Å²) in [5, 5.41) is 0. The molecule has 0 amide bonds. The molecule has 0 aromatic carbocycles. The third-order valence-electron chi connectivity index (χ3n) is 1.23. The molecule has 0 fully saturated rings. The molecule has 7 heteroatoms. The Morgan fingerprint density at radius 2 is 2.38 bits per heavy atom. The van der Waals surface area contributed by atoms with Crippen molar-refractivity contribution in [3.05, 3.63) is 15.3 Å². The van der Waals surface area contributed by atoms with Crippen molar-refractivity contribution >= 4 is 40.0 Å². The van der Waals surface area contributed by atoms with Gasteiger partial charge in [0.05, 0.1) is 16.3 Å². The molecule has 1 unspecified atom stereocenters. The number of hydrogen-bond acceptors (Lipinski definition) is 4. The summed E-state index contributed by atoms with van der Waals surface area (Å²) in [5.41, 5.74) is 0. The van der Waals surface area contributed by atoms with Crippen LogP contribution in [0.2, 0.25) is 4.34 Å². The molecule has 0 radical (unpaired) electrons. The van der Waals surface area contributed by atoms with Crippen LogP contribution in [0, 0.1) is 0 Å². The van der Waals surface area contributed by atoms with E-state index in [-0.39, 0.29) is 14.1 Å². The standard InChI is InChI=1S/C6H5ClO4S2/c1-11-6(8)5-3(13(9)10)2-4(7)12-5/h2H,1H3,(H,9,10). The van der Waals surface area contributed by atoms with E-state index in [1.54, 1.807) is 0 Å². The zero-order valence-electron chi connectivity index (χ0n) is 6.44. The zero-order chi connectivity index (χ0) is 10.0. The van der Waals surface area contributed by atoms with Gasteiger partial charge in [-0.15, -0.1) is 11.3 Å². The highest BCUT2D eigenvalue weighted by atomic mass is 35.5. The van der Waals surface area contributed by atoms with E-state index in [4.69, 9.17) is 16.2 Å². The molecule has 0 saturated heterocycles. The van der Waals surface area contributed by atoms with Gasteiger partial charge in [-0.1, -0.05) is 11.6 Å². The van der Waals surface area contributed by atoms with E-state index >= 15 is 0 Å². The average molecular weight is 241 g/mol. The number of halogens is 1. The lowest BCUT2D eigenvalue weighted by molar-refractivity contribution is 0.0602. The normalized spacial score (nSPS) is 12.5. The number of ether oxygens (including phenoxy) is 1. The molecule has 0 aliphatic carbocycles. The van der Waals surface area contributed by atoms with Crippen molar-refractivity contribution in [3.8, 4) is 0 Å². The molecule has 1 rings (SSSR count). The fourth-order valence-corrected chi connectivity index (χ4v) is 2.69. The summed E-state index contributed by atoms with van der Waals surface area (Å²) in [4.78, 5) is 11.1. The SMILES string of the molecule is COC(=O)c1sc(Cl)cc1S(=O)O. The van der Waals surface area contributed by atoms with Crippen LogP contribution in [0.15, 0.2) is 11.0 Å². The maximum Gasteiger partial charge on any atom is 0.349 e. The molecule has 1 heterocycles. The number of methoxy groups -OCH3 is 1. The highest BCUT2D eigenvalue weighted by molar-refractivity contribution is 7.79. The lowest BCUT2D eigenvalue weighted by Crippen LogP contribution is -2.02. The van der Waals surface area contributed by atoms with Gasteiger partial charge in [0.15, 0.2) is 11.1 Å². The van der Waals surface area contributed by atoms with Crippen LogP contribution in [-0.4, -0.2) is 21.8 Å². The van der Waals surface area contributed by atoms with Gasteiger partial charge in [0, 0.05) is 0 Å². The second-order valence-electron chi connectivity index (χ2n) is 1.98. The minimum absolute atomic E-state index is 0.0122. The van der Waals surface area contributed by atoms with Crippen molar-refractivity contribution in [3.63, 3.8) is 0 Å². The summed E-state index contributed by atoms with van der Waals surface area (Å²) in [6.45, 7) is 0. The van der Waals surface area contributed by atoms with Crippen molar-refractivity contribution in [2.45, 2.75) is 4.90 Å². The van der Waals surface area contributed by atoms with Gasteiger partial charge in [-0.05, 0) is 6.07 Å². The molecule has 1 aromatic rings. The molecule has 0 bridgehead atoms. The first-order valence-electron chi connectivity index (χ1n) is 3.04. The summed E-state index contributed by atoms with van der Waals surface area (Å²) >= 11 is 4.27. The van der Waals surface area contributed by atoms with Gasteiger partial charge in [-0.2, -0.15) is 0 Å². The van der Waals surface area contributed by atoms with Gasteiger partial charge in [0.25, 0.3) is 0 Å². The molecule has 4 nitrogen and oxygen atoms in total. The predicted octanol–water partition coefficient (Wildman–Crippen LogP) is 1.77. The van der Waals surface area contributed by atoms with E-state index in [1.165, 1.54) is 13.2 Å². The Labute approximate surface area is 85.8 Å². The van der Waals surface area contributed by atoms with Crippen LogP contribution in [0.1, 0.15) is 9.67 Å². The van der Waals surface area contributed by atoms with E-state index in [1.807, 2.05) is 0 Å². The van der Waals surface area contributed by atoms with Gasteiger partial charge in [-0.25, -0.2) is 9.00 Å². The van der Waals surface area contributed by atoms with Crippen molar-refractivity contribution < 1.29 is 18.3 Å². The Hall–Kier alpha value is -0.430. The summed E-state index contributed by atoms with van der Waals surface area (Å²) in [5.74, 6) is -0.658. The third kappa shape index (κ3) is 2.28. The molecule has 1 N–H and O–H groups in total. The first-order chi connectivity index (χ1) is 6.06. The third-order valence-corrected chi connectivity index (χ3v) is 3.30. The number of hydrogen-bond donors (Lipinski definition) is 1. The van der Waals surface area contributed by atoms with E-state index in [0.717, 1.165) is 11.3 Å². The monoisotopic (exact) mass is 240 g/mol. The molecule has 1 aromatic heterocycles. The Balaban J connectivity index is 3.19. The number of carbonyl (C=O) groups excluding carboxylic acids is 1. The summed E-state index contributed by atoms with van der Waals surface area (Å²) in [6.07, 6.45) is 0. The van der Waals surface area contributed by atoms with E-state index < -0.39 is 17.0 Å². The first kappa shape index (κ1) is 10.6. The minimum Gasteiger partial charge on any atom is -0.465 e. The fraction of sp³-hybridized carbons (Fsp3) is 0.167. The molecule has 0 saturated carbocycles. The molecule has 0 aliphatic heterocycles. The van der Waals surface area contributed by atoms with E-state index in [9.17, 15) is 9.00 Å². The number of thiophene rings is 1. The summed E-state index contributed by atoms with van der Waals surface area (Å²) < 4.78 is 24.2. The average Bonchev–Trinajstić information content (AvgIpc) is 2.46. The maximum absolute atomic E-state index is 11.0. The van der Waals surface area contributed by atoms with E-state index in [0.29, 0.717) is 0 Å². The van der Waals surface area contributed by atoms with Crippen molar-refractivity contribution in [2.75, 3.05) is 7.11 Å². The number of carbonyl (C=O) groups is 1. The predicted molar refractivity (Wildman–Crippen MR) is 49.7 cm³/mol. The summed E-state index contributed by atoms with van der Waals surface area (Å²) in [6, 6.07) is 1.27. The molecule has 13 heavy (non-hydrogen) atoms. The van der Waals surface area contributed by atoms with Crippen LogP contribution in [0.3, 0.4) is 0 Å². The lowest BCUT2D eigenvalue weighted by atomic mass is 10.5. The molecular weight excluding hydrogens is 236 g/mol. The smallest absolute Gasteiger partial charge is 0.349 e. The zero-order valence-corrected chi connectivity index (χ0v) is 8.83. The molecule has 0 spiro atoms. The minimum atomic E-state index is -2.22. The number of rotatable bonds is 2. The van der Waals surface area contributed by atoms with Gasteiger partial charge < -0.3 is 9.29 Å². The quantitative estimate of drug-likeness (QED) is 0.632. The fourth-order valence-electron chi connectivity index (χ4n) is 0.711. The van der Waals surface area contributed by atoms with Gasteiger partial charge in [0.1, 0.15) is 4.88 Å². The van der Waals surface area contributed by atoms with E-state index in [2.05, 4.69) is 4.74 Å². The topological polar surface area (TPSA) is 63.6 Å². The van der Waals surface area contributed by atoms with Gasteiger partial charge >= 0.3 is 5.97 Å². The first-order valence-corrected chi connectivity index (χ1v) is 5.35. The van der Waals surface area contributed by atoms with Crippen LogP contribution >= 0.6 is 22.9 Å². The Morgan fingerprint density at radius 1 is 1.77 bits per heavy atom.